The minimum Gasteiger partial charge on any atom is -0.478 e. The highest BCUT2D eigenvalue weighted by Crippen LogP contribution is 2.38. The zero-order chi connectivity index (χ0) is 25.8. The Labute approximate surface area is 210 Å². The highest BCUT2D eigenvalue weighted by Gasteiger charge is 2.24. The van der Waals surface area contributed by atoms with Gasteiger partial charge < -0.3 is 24.0 Å². The third-order valence-corrected chi connectivity index (χ3v) is 6.27. The number of carboxylic acid groups (broad SMARTS) is 1. The summed E-state index contributed by atoms with van der Waals surface area (Å²) in [5.41, 5.74) is 2.82. The summed E-state index contributed by atoms with van der Waals surface area (Å²) < 4.78 is 12.7. The Morgan fingerprint density at radius 1 is 1.11 bits per heavy atom. The fourth-order valence-corrected chi connectivity index (χ4v) is 4.30. The summed E-state index contributed by atoms with van der Waals surface area (Å²) in [7, 11) is 1.91. The summed E-state index contributed by atoms with van der Waals surface area (Å²) in [6.45, 7) is 10.7. The summed E-state index contributed by atoms with van der Waals surface area (Å²) in [4.78, 5) is 24.2. The lowest BCUT2D eigenvalue weighted by Crippen LogP contribution is -2.24. The number of hydrogen-bond donors (Lipinski definition) is 1. The molecule has 1 aliphatic rings. The SMILES string of the molecule is CCCC(C)Cc1c(C(=O)O)c(-c2ccc3c(c2)OCO3)cn1C.CCCCN(C=O)CCCC. The molecular formula is C28H42N2O5. The number of aromatic carboxylic acids is 1. The van der Waals surface area contributed by atoms with Gasteiger partial charge in [-0.15, -0.1) is 0 Å². The van der Waals surface area contributed by atoms with Crippen LogP contribution in [0.4, 0.5) is 0 Å². The van der Waals surface area contributed by atoms with Gasteiger partial charge in [-0.05, 0) is 42.9 Å². The second-order valence-electron chi connectivity index (χ2n) is 9.30. The van der Waals surface area contributed by atoms with E-state index in [4.69, 9.17) is 9.47 Å². The zero-order valence-electron chi connectivity index (χ0n) is 22.0. The largest absolute Gasteiger partial charge is 0.478 e. The van der Waals surface area contributed by atoms with Gasteiger partial charge in [0.2, 0.25) is 13.2 Å². The molecule has 0 radical (unpaired) electrons. The third-order valence-electron chi connectivity index (χ3n) is 6.27. The number of rotatable bonds is 13. The lowest BCUT2D eigenvalue weighted by atomic mass is 9.95. The van der Waals surface area contributed by atoms with E-state index in [1.54, 1.807) is 0 Å². The van der Waals surface area contributed by atoms with Crippen molar-refractivity contribution in [3.8, 4) is 22.6 Å². The van der Waals surface area contributed by atoms with Crippen LogP contribution in [-0.2, 0) is 18.3 Å². The maximum absolute atomic E-state index is 11.9. The Hall–Kier alpha value is -2.96. The predicted molar refractivity (Wildman–Crippen MR) is 139 cm³/mol. The summed E-state index contributed by atoms with van der Waals surface area (Å²) in [6, 6.07) is 5.56. The van der Waals surface area contributed by atoms with E-state index in [-0.39, 0.29) is 6.79 Å². The normalized spacial score (nSPS) is 12.6. The van der Waals surface area contributed by atoms with E-state index in [0.29, 0.717) is 23.0 Å². The van der Waals surface area contributed by atoms with E-state index in [9.17, 15) is 14.7 Å². The molecule has 1 amide bonds. The number of benzene rings is 1. The Bertz CT molecular complexity index is 945. The predicted octanol–water partition coefficient (Wildman–Crippen LogP) is 6.14. The van der Waals surface area contributed by atoms with Crippen LogP contribution in [0.1, 0.15) is 82.3 Å². The molecule has 0 spiro atoms. The molecule has 2 heterocycles. The molecule has 0 bridgehead atoms. The van der Waals surface area contributed by atoms with Gasteiger partial charge in [0, 0.05) is 37.6 Å². The van der Waals surface area contributed by atoms with Gasteiger partial charge in [-0.2, -0.15) is 0 Å². The van der Waals surface area contributed by atoms with Crippen LogP contribution in [0, 0.1) is 5.92 Å². The smallest absolute Gasteiger partial charge is 0.338 e. The molecule has 7 heteroatoms. The first-order valence-electron chi connectivity index (χ1n) is 12.9. The number of carbonyl (C=O) groups excluding carboxylic acids is 1. The topological polar surface area (TPSA) is 81.0 Å². The number of carbonyl (C=O) groups is 2. The second-order valence-corrected chi connectivity index (χ2v) is 9.30. The number of hydrogen-bond acceptors (Lipinski definition) is 4. The van der Waals surface area contributed by atoms with Crippen molar-refractivity contribution in [2.24, 2.45) is 13.0 Å². The van der Waals surface area contributed by atoms with Gasteiger partial charge in [-0.1, -0.05) is 59.4 Å². The van der Waals surface area contributed by atoms with Crippen molar-refractivity contribution in [2.75, 3.05) is 19.9 Å². The van der Waals surface area contributed by atoms with Crippen molar-refractivity contribution < 1.29 is 24.2 Å². The van der Waals surface area contributed by atoms with E-state index in [1.807, 2.05) is 40.9 Å². The first-order chi connectivity index (χ1) is 16.9. The van der Waals surface area contributed by atoms with Crippen LogP contribution in [0.5, 0.6) is 11.5 Å². The Balaban J connectivity index is 0.000000334. The number of aryl methyl sites for hydroxylation is 1. The zero-order valence-corrected chi connectivity index (χ0v) is 22.0. The van der Waals surface area contributed by atoms with Crippen LogP contribution in [0.2, 0.25) is 0 Å². The molecule has 1 aromatic carbocycles. The number of unbranched alkanes of at least 4 members (excludes halogenated alkanes) is 2. The highest BCUT2D eigenvalue weighted by molar-refractivity contribution is 5.98. The van der Waals surface area contributed by atoms with E-state index >= 15 is 0 Å². The van der Waals surface area contributed by atoms with Gasteiger partial charge in [-0.3, -0.25) is 4.79 Å². The van der Waals surface area contributed by atoms with Gasteiger partial charge in [-0.25, -0.2) is 4.79 Å². The molecule has 1 aromatic heterocycles. The number of nitrogens with zero attached hydrogens (tertiary/aromatic N) is 2. The molecule has 1 aliphatic heterocycles. The summed E-state index contributed by atoms with van der Waals surface area (Å²) in [5.74, 6) is 0.921. The molecule has 2 aromatic rings. The third kappa shape index (κ3) is 8.05. The van der Waals surface area contributed by atoms with Crippen LogP contribution in [0.3, 0.4) is 0 Å². The Kier molecular flexibility index (Phi) is 11.7. The van der Waals surface area contributed by atoms with E-state index < -0.39 is 5.97 Å². The van der Waals surface area contributed by atoms with Gasteiger partial charge in [0.15, 0.2) is 11.5 Å². The van der Waals surface area contributed by atoms with Crippen LogP contribution in [-0.4, -0.2) is 46.8 Å². The van der Waals surface area contributed by atoms with Crippen LogP contribution in [0.25, 0.3) is 11.1 Å². The molecule has 3 rings (SSSR count). The number of aromatic nitrogens is 1. The molecule has 0 fully saturated rings. The lowest BCUT2D eigenvalue weighted by Gasteiger charge is -2.15. The fraction of sp³-hybridized carbons (Fsp3) is 0.571. The summed E-state index contributed by atoms with van der Waals surface area (Å²) >= 11 is 0. The molecule has 35 heavy (non-hydrogen) atoms. The number of ether oxygens (including phenoxy) is 2. The second kappa shape index (κ2) is 14.4. The fourth-order valence-electron chi connectivity index (χ4n) is 4.30. The van der Waals surface area contributed by atoms with Crippen molar-refractivity contribution >= 4 is 12.4 Å². The lowest BCUT2D eigenvalue weighted by molar-refractivity contribution is -0.118. The minimum atomic E-state index is -0.887. The standard InChI is InChI=1S/C19H23NO4.C9H19NO/c1-4-5-12(2)8-15-18(19(21)22)14(10-20(15)3)13-6-7-16-17(9-13)24-11-23-16;1-3-5-7-10(9-11)8-6-4-2/h6-7,9-10,12H,4-5,8,11H2,1-3H3,(H,21,22);9H,3-8H2,1-2H3. The molecule has 1 N–H and O–H groups in total. The molecule has 0 aliphatic carbocycles. The maximum Gasteiger partial charge on any atom is 0.338 e. The summed E-state index contributed by atoms with van der Waals surface area (Å²) in [5, 5.41) is 9.79. The number of fused-ring (bicyclic) bond motifs is 1. The van der Waals surface area contributed by atoms with Crippen molar-refractivity contribution in [2.45, 2.75) is 72.6 Å². The van der Waals surface area contributed by atoms with Crippen molar-refractivity contribution in [3.63, 3.8) is 0 Å². The molecule has 0 saturated heterocycles. The monoisotopic (exact) mass is 486 g/mol. The van der Waals surface area contributed by atoms with E-state index in [1.165, 1.54) is 0 Å². The summed E-state index contributed by atoms with van der Waals surface area (Å²) in [6.07, 6.45) is 10.4. The number of amides is 1. The molecule has 194 valence electrons. The minimum absolute atomic E-state index is 0.207. The molecule has 7 nitrogen and oxygen atoms in total. The average molecular weight is 487 g/mol. The van der Waals surface area contributed by atoms with Crippen LogP contribution >= 0.6 is 0 Å². The van der Waals surface area contributed by atoms with Crippen molar-refractivity contribution in [1.29, 1.82) is 0 Å². The quantitative estimate of drug-likeness (QED) is 0.344. The van der Waals surface area contributed by atoms with Gasteiger partial charge in [0.1, 0.15) is 0 Å². The molecule has 0 saturated carbocycles. The maximum atomic E-state index is 11.9. The van der Waals surface area contributed by atoms with Gasteiger partial charge in [0.25, 0.3) is 0 Å². The molecule has 1 unspecified atom stereocenters. The van der Waals surface area contributed by atoms with Gasteiger partial charge in [0.05, 0.1) is 5.56 Å². The first-order valence-corrected chi connectivity index (χ1v) is 12.9. The number of carboxylic acids is 1. The Morgan fingerprint density at radius 3 is 2.34 bits per heavy atom. The first kappa shape index (κ1) is 28.3. The van der Waals surface area contributed by atoms with Crippen LogP contribution in [0.15, 0.2) is 24.4 Å². The van der Waals surface area contributed by atoms with Crippen LogP contribution < -0.4 is 9.47 Å². The average Bonchev–Trinajstić information content (AvgIpc) is 3.43. The molecule has 1 atom stereocenters. The van der Waals surface area contributed by atoms with Crippen molar-refractivity contribution in [3.05, 3.63) is 35.7 Å². The highest BCUT2D eigenvalue weighted by atomic mass is 16.7. The van der Waals surface area contributed by atoms with Crippen molar-refractivity contribution in [1.82, 2.24) is 9.47 Å². The van der Waals surface area contributed by atoms with E-state index in [0.717, 1.165) is 81.3 Å². The Morgan fingerprint density at radius 2 is 1.77 bits per heavy atom. The molecular weight excluding hydrogens is 444 g/mol. The van der Waals surface area contributed by atoms with Gasteiger partial charge >= 0.3 is 5.97 Å². The van der Waals surface area contributed by atoms with E-state index in [2.05, 4.69) is 27.7 Å².